The largest absolute Gasteiger partial charge is 0.446 e. The van der Waals surface area contributed by atoms with Gasteiger partial charge in [0.1, 0.15) is 6.61 Å². The lowest BCUT2D eigenvalue weighted by Gasteiger charge is -2.08. The molecule has 0 atom stereocenters. The van der Waals surface area contributed by atoms with Gasteiger partial charge in [-0.2, -0.15) is 0 Å². The SMILES string of the molecule is Cc1ccc(S(=O)(=O)NC(=O)OCCOCCCl)cc1. The molecular formula is C12H16ClNO5S. The minimum Gasteiger partial charge on any atom is -0.446 e. The van der Waals surface area contributed by atoms with E-state index in [0.29, 0.717) is 12.5 Å². The number of nitrogens with one attached hydrogen (secondary N) is 1. The van der Waals surface area contributed by atoms with E-state index in [1.54, 1.807) is 12.1 Å². The summed E-state index contributed by atoms with van der Waals surface area (Å²) in [4.78, 5) is 11.3. The van der Waals surface area contributed by atoms with Crippen molar-refractivity contribution in [1.82, 2.24) is 4.72 Å². The van der Waals surface area contributed by atoms with Crippen LogP contribution >= 0.6 is 11.6 Å². The molecule has 0 bridgehead atoms. The van der Waals surface area contributed by atoms with Gasteiger partial charge in [-0.05, 0) is 19.1 Å². The molecule has 0 aromatic heterocycles. The van der Waals surface area contributed by atoms with E-state index in [1.807, 2.05) is 11.6 Å². The summed E-state index contributed by atoms with van der Waals surface area (Å²) in [6.45, 7) is 2.28. The topological polar surface area (TPSA) is 81.7 Å². The lowest BCUT2D eigenvalue weighted by Crippen LogP contribution is -2.31. The maximum atomic E-state index is 11.8. The van der Waals surface area contributed by atoms with Crippen molar-refractivity contribution in [2.24, 2.45) is 0 Å². The third-order valence-corrected chi connectivity index (χ3v) is 3.71. The van der Waals surface area contributed by atoms with Crippen LogP contribution in [-0.2, 0) is 19.5 Å². The zero-order chi connectivity index (χ0) is 15.0. The normalized spacial score (nSPS) is 11.1. The van der Waals surface area contributed by atoms with Gasteiger partial charge in [0.2, 0.25) is 0 Å². The first-order valence-electron chi connectivity index (χ1n) is 5.85. The van der Waals surface area contributed by atoms with Gasteiger partial charge in [-0.25, -0.2) is 17.9 Å². The first-order valence-corrected chi connectivity index (χ1v) is 7.87. The van der Waals surface area contributed by atoms with Gasteiger partial charge >= 0.3 is 6.09 Å². The van der Waals surface area contributed by atoms with Gasteiger partial charge in [-0.1, -0.05) is 17.7 Å². The Morgan fingerprint density at radius 1 is 1.20 bits per heavy atom. The molecule has 8 heteroatoms. The fourth-order valence-electron chi connectivity index (χ4n) is 1.27. The van der Waals surface area contributed by atoms with Gasteiger partial charge in [0.15, 0.2) is 0 Å². The molecule has 112 valence electrons. The van der Waals surface area contributed by atoms with Crippen molar-refractivity contribution in [3.05, 3.63) is 29.8 Å². The molecule has 0 aliphatic rings. The Kier molecular flexibility index (Phi) is 6.77. The fourth-order valence-corrected chi connectivity index (χ4v) is 2.27. The highest BCUT2D eigenvalue weighted by Gasteiger charge is 2.17. The number of carbonyl (C=O) groups excluding carboxylic acids is 1. The van der Waals surface area contributed by atoms with E-state index in [0.717, 1.165) is 5.56 Å². The molecule has 20 heavy (non-hydrogen) atoms. The van der Waals surface area contributed by atoms with Crippen LogP contribution in [-0.4, -0.2) is 40.2 Å². The first-order chi connectivity index (χ1) is 9.45. The monoisotopic (exact) mass is 321 g/mol. The van der Waals surface area contributed by atoms with Crippen molar-refractivity contribution in [1.29, 1.82) is 0 Å². The Morgan fingerprint density at radius 2 is 1.85 bits per heavy atom. The second-order valence-electron chi connectivity index (χ2n) is 3.86. The highest BCUT2D eigenvalue weighted by Crippen LogP contribution is 2.09. The summed E-state index contributed by atoms with van der Waals surface area (Å²) in [5.74, 6) is 0.341. The molecule has 1 aromatic rings. The Balaban J connectivity index is 2.46. The molecule has 1 amide bonds. The van der Waals surface area contributed by atoms with Crippen molar-refractivity contribution in [2.75, 3.05) is 25.7 Å². The predicted octanol–water partition coefficient (Wildman–Crippen LogP) is 1.67. The van der Waals surface area contributed by atoms with Gasteiger partial charge in [0, 0.05) is 5.88 Å². The standard InChI is InChI=1S/C12H16ClNO5S/c1-10-2-4-11(5-3-10)20(16,17)14-12(15)19-9-8-18-7-6-13/h2-5H,6-9H2,1H3,(H,14,15). The third-order valence-electron chi connectivity index (χ3n) is 2.23. The van der Waals surface area contributed by atoms with E-state index in [9.17, 15) is 13.2 Å². The van der Waals surface area contributed by atoms with Crippen LogP contribution in [0.1, 0.15) is 5.56 Å². The number of hydrogen-bond acceptors (Lipinski definition) is 5. The van der Waals surface area contributed by atoms with E-state index < -0.39 is 16.1 Å². The van der Waals surface area contributed by atoms with Crippen LogP contribution in [0, 0.1) is 6.92 Å². The lowest BCUT2D eigenvalue weighted by molar-refractivity contribution is 0.0822. The van der Waals surface area contributed by atoms with Crippen LogP contribution in [0.25, 0.3) is 0 Å². The van der Waals surface area contributed by atoms with Crippen molar-refractivity contribution in [3.63, 3.8) is 0 Å². The number of aryl methyl sites for hydroxylation is 1. The number of amides is 1. The molecular weight excluding hydrogens is 306 g/mol. The number of hydrogen-bond donors (Lipinski definition) is 1. The molecule has 0 fully saturated rings. The van der Waals surface area contributed by atoms with E-state index in [1.165, 1.54) is 12.1 Å². The molecule has 0 heterocycles. The molecule has 1 aromatic carbocycles. The summed E-state index contributed by atoms with van der Waals surface area (Å²) in [5, 5.41) is 0. The van der Waals surface area contributed by atoms with E-state index in [-0.39, 0.29) is 18.1 Å². The Hall–Kier alpha value is -1.31. The van der Waals surface area contributed by atoms with Crippen molar-refractivity contribution < 1.29 is 22.7 Å². The number of rotatable bonds is 7. The Morgan fingerprint density at radius 3 is 2.45 bits per heavy atom. The second-order valence-corrected chi connectivity index (χ2v) is 5.92. The number of ether oxygens (including phenoxy) is 2. The van der Waals surface area contributed by atoms with Crippen LogP contribution in [0.3, 0.4) is 0 Å². The molecule has 0 aliphatic heterocycles. The van der Waals surface area contributed by atoms with Gasteiger partial charge in [0.25, 0.3) is 10.0 Å². The van der Waals surface area contributed by atoms with Gasteiger partial charge in [-0.3, -0.25) is 0 Å². The van der Waals surface area contributed by atoms with Crippen molar-refractivity contribution in [3.8, 4) is 0 Å². The molecule has 0 saturated carbocycles. The summed E-state index contributed by atoms with van der Waals surface area (Å²) in [6.07, 6.45) is -1.04. The van der Waals surface area contributed by atoms with Crippen molar-refractivity contribution >= 4 is 27.7 Å². The van der Waals surface area contributed by atoms with E-state index in [4.69, 9.17) is 16.3 Å². The molecule has 0 aliphatic carbocycles. The highest BCUT2D eigenvalue weighted by atomic mass is 35.5. The van der Waals surface area contributed by atoms with E-state index >= 15 is 0 Å². The van der Waals surface area contributed by atoms with E-state index in [2.05, 4.69) is 4.74 Å². The zero-order valence-corrected chi connectivity index (χ0v) is 12.5. The predicted molar refractivity (Wildman–Crippen MR) is 74.4 cm³/mol. The number of carbonyl (C=O) groups is 1. The van der Waals surface area contributed by atoms with Crippen LogP contribution in [0.5, 0.6) is 0 Å². The fraction of sp³-hybridized carbons (Fsp3) is 0.417. The maximum Gasteiger partial charge on any atom is 0.421 e. The summed E-state index contributed by atoms with van der Waals surface area (Å²) >= 11 is 5.38. The zero-order valence-electron chi connectivity index (χ0n) is 11.0. The van der Waals surface area contributed by atoms with Crippen molar-refractivity contribution in [2.45, 2.75) is 11.8 Å². The van der Waals surface area contributed by atoms with Crippen LogP contribution in [0.2, 0.25) is 0 Å². The lowest BCUT2D eigenvalue weighted by atomic mass is 10.2. The minimum atomic E-state index is -3.91. The number of sulfonamides is 1. The summed E-state index contributed by atoms with van der Waals surface area (Å²) in [6, 6.07) is 6.10. The van der Waals surface area contributed by atoms with Gasteiger partial charge in [0.05, 0.1) is 18.1 Å². The molecule has 1 N–H and O–H groups in total. The third kappa shape index (κ3) is 5.77. The first kappa shape index (κ1) is 16.7. The highest BCUT2D eigenvalue weighted by molar-refractivity contribution is 7.90. The second kappa shape index (κ2) is 8.08. The van der Waals surface area contributed by atoms with Crippen LogP contribution in [0.15, 0.2) is 29.2 Å². The number of halogens is 1. The van der Waals surface area contributed by atoms with Gasteiger partial charge in [-0.15, -0.1) is 11.6 Å². The molecule has 6 nitrogen and oxygen atoms in total. The quantitative estimate of drug-likeness (QED) is 0.610. The molecule has 0 saturated heterocycles. The number of alkyl halides is 1. The molecule has 0 unspecified atom stereocenters. The van der Waals surface area contributed by atoms with Gasteiger partial charge < -0.3 is 9.47 Å². The summed E-state index contributed by atoms with van der Waals surface area (Å²) in [7, 11) is -3.91. The summed E-state index contributed by atoms with van der Waals surface area (Å²) < 4.78 is 35.1. The Bertz CT molecular complexity index is 529. The maximum absolute atomic E-state index is 11.8. The summed E-state index contributed by atoms with van der Waals surface area (Å²) in [5.41, 5.74) is 0.919. The molecule has 0 radical (unpaired) electrons. The average molecular weight is 322 g/mol. The Labute approximate surface area is 123 Å². The number of benzene rings is 1. The molecule has 1 rings (SSSR count). The smallest absolute Gasteiger partial charge is 0.421 e. The van der Waals surface area contributed by atoms with Crippen LogP contribution in [0.4, 0.5) is 4.79 Å². The average Bonchev–Trinajstić information content (AvgIpc) is 2.38. The minimum absolute atomic E-state index is 0.00144. The van der Waals surface area contributed by atoms with Crippen LogP contribution < -0.4 is 4.72 Å². The molecule has 0 spiro atoms.